The van der Waals surface area contributed by atoms with Crippen molar-refractivity contribution in [1.82, 2.24) is 15.1 Å². The van der Waals surface area contributed by atoms with E-state index in [1.807, 2.05) is 18.2 Å². The summed E-state index contributed by atoms with van der Waals surface area (Å²) in [4.78, 5) is 14.2. The van der Waals surface area contributed by atoms with Gasteiger partial charge in [-0.25, -0.2) is 13.6 Å². The number of nitrogens with one attached hydrogen (secondary N) is 2. The van der Waals surface area contributed by atoms with Crippen LogP contribution in [-0.2, 0) is 0 Å². The fourth-order valence-electron chi connectivity index (χ4n) is 3.45. The number of halogens is 2. The van der Waals surface area contributed by atoms with Gasteiger partial charge in [0.25, 0.3) is 0 Å². The average molecular weight is 368 g/mol. The predicted octanol–water partition coefficient (Wildman–Crippen LogP) is 4.72. The lowest BCUT2D eigenvalue weighted by molar-refractivity contribution is 0.206. The smallest absolute Gasteiger partial charge is 0.317 e. The first kappa shape index (κ1) is 17.2. The highest BCUT2D eigenvalue weighted by molar-refractivity contribution is 5.90. The monoisotopic (exact) mass is 368 g/mol. The first-order chi connectivity index (χ1) is 13.1. The second-order valence-corrected chi connectivity index (χ2v) is 6.50. The standard InChI is InChI=1S/C20H18F2N4O/c21-14-5-8-17(22)16(12-14)19-2-1-11-26(19)20(27)24-15-6-3-13(4-7-15)18-9-10-23-25-18/h3-10,12,19H,1-2,11H2,(H,23,25)(H,24,27). The molecule has 7 heteroatoms. The molecular formula is C20H18F2N4O. The number of anilines is 1. The van der Waals surface area contributed by atoms with Crippen molar-refractivity contribution in [3.8, 4) is 11.3 Å². The van der Waals surface area contributed by atoms with Gasteiger partial charge in [0.2, 0.25) is 0 Å². The highest BCUT2D eigenvalue weighted by Gasteiger charge is 2.32. The van der Waals surface area contributed by atoms with Crippen LogP contribution in [-0.4, -0.2) is 27.7 Å². The van der Waals surface area contributed by atoms with Gasteiger partial charge in [-0.3, -0.25) is 5.10 Å². The van der Waals surface area contributed by atoms with Gasteiger partial charge in [0.1, 0.15) is 11.6 Å². The lowest BCUT2D eigenvalue weighted by Gasteiger charge is -2.25. The second kappa shape index (κ2) is 7.19. The first-order valence-electron chi connectivity index (χ1n) is 8.74. The fourth-order valence-corrected chi connectivity index (χ4v) is 3.45. The molecule has 4 rings (SSSR count). The molecule has 1 atom stereocenters. The number of aromatic nitrogens is 2. The molecule has 0 saturated carbocycles. The zero-order chi connectivity index (χ0) is 18.8. The molecule has 3 aromatic rings. The normalized spacial score (nSPS) is 16.5. The fraction of sp³-hybridized carbons (Fsp3) is 0.200. The highest BCUT2D eigenvalue weighted by Crippen LogP contribution is 2.34. The van der Waals surface area contributed by atoms with Crippen LogP contribution in [0, 0.1) is 11.6 Å². The largest absolute Gasteiger partial charge is 0.322 e. The molecule has 1 fully saturated rings. The topological polar surface area (TPSA) is 61.0 Å². The molecule has 2 aromatic carbocycles. The predicted molar refractivity (Wildman–Crippen MR) is 98.1 cm³/mol. The van der Waals surface area contributed by atoms with Gasteiger partial charge in [-0.15, -0.1) is 0 Å². The van der Waals surface area contributed by atoms with Crippen molar-refractivity contribution in [3.63, 3.8) is 0 Å². The van der Waals surface area contributed by atoms with Crippen LogP contribution in [0.2, 0.25) is 0 Å². The van der Waals surface area contributed by atoms with Crippen LogP contribution in [0.15, 0.2) is 54.7 Å². The zero-order valence-electron chi connectivity index (χ0n) is 14.5. The second-order valence-electron chi connectivity index (χ2n) is 6.50. The van der Waals surface area contributed by atoms with Crippen molar-refractivity contribution < 1.29 is 13.6 Å². The summed E-state index contributed by atoms with van der Waals surface area (Å²) in [5.41, 5.74) is 2.69. The number of aromatic amines is 1. The SMILES string of the molecule is O=C(Nc1ccc(-c2ccn[nH]2)cc1)N1CCCC1c1cc(F)ccc1F. The van der Waals surface area contributed by atoms with Crippen molar-refractivity contribution in [2.24, 2.45) is 0 Å². The Hall–Kier alpha value is -3.22. The van der Waals surface area contributed by atoms with E-state index in [0.29, 0.717) is 18.7 Å². The Balaban J connectivity index is 1.49. The van der Waals surface area contributed by atoms with Crippen LogP contribution < -0.4 is 5.32 Å². The Labute approximate surface area is 155 Å². The lowest BCUT2D eigenvalue weighted by atomic mass is 10.0. The summed E-state index contributed by atoms with van der Waals surface area (Å²) in [5.74, 6) is -1.00. The maximum absolute atomic E-state index is 14.1. The Kier molecular flexibility index (Phi) is 4.58. The van der Waals surface area contributed by atoms with E-state index in [2.05, 4.69) is 15.5 Å². The van der Waals surface area contributed by atoms with Crippen LogP contribution in [0.1, 0.15) is 24.4 Å². The summed E-state index contributed by atoms with van der Waals surface area (Å²) >= 11 is 0. The third kappa shape index (κ3) is 3.53. The molecule has 0 spiro atoms. The Bertz CT molecular complexity index is 941. The maximum atomic E-state index is 14.1. The number of benzene rings is 2. The van der Waals surface area contributed by atoms with Crippen molar-refractivity contribution in [2.45, 2.75) is 18.9 Å². The van der Waals surface area contributed by atoms with Crippen molar-refractivity contribution in [3.05, 3.63) is 71.9 Å². The molecule has 1 aromatic heterocycles. The summed E-state index contributed by atoms with van der Waals surface area (Å²) in [6, 6.07) is 11.8. The molecule has 1 aliphatic rings. The average Bonchev–Trinajstić information content (AvgIpc) is 3.36. The third-order valence-corrected chi connectivity index (χ3v) is 4.78. The van der Waals surface area contributed by atoms with Crippen LogP contribution in [0.3, 0.4) is 0 Å². The number of urea groups is 1. The molecule has 0 bridgehead atoms. The number of hydrogen-bond acceptors (Lipinski definition) is 2. The molecule has 2 amide bonds. The van der Waals surface area contributed by atoms with E-state index in [9.17, 15) is 13.6 Å². The van der Waals surface area contributed by atoms with Gasteiger partial charge in [0, 0.05) is 24.0 Å². The van der Waals surface area contributed by atoms with Gasteiger partial charge in [-0.05, 0) is 54.8 Å². The van der Waals surface area contributed by atoms with E-state index in [4.69, 9.17) is 0 Å². The molecule has 0 aliphatic carbocycles. The van der Waals surface area contributed by atoms with Crippen molar-refractivity contribution >= 4 is 11.7 Å². The highest BCUT2D eigenvalue weighted by atomic mass is 19.1. The number of carbonyl (C=O) groups is 1. The number of hydrogen-bond donors (Lipinski definition) is 2. The van der Waals surface area contributed by atoms with E-state index in [-0.39, 0.29) is 11.6 Å². The minimum Gasteiger partial charge on any atom is -0.317 e. The minimum atomic E-state index is -0.506. The van der Waals surface area contributed by atoms with Gasteiger partial charge in [0.05, 0.1) is 11.7 Å². The third-order valence-electron chi connectivity index (χ3n) is 4.78. The van der Waals surface area contributed by atoms with E-state index in [0.717, 1.165) is 29.8 Å². The van der Waals surface area contributed by atoms with E-state index in [1.165, 1.54) is 6.07 Å². The summed E-state index contributed by atoms with van der Waals surface area (Å²) in [7, 11) is 0. The zero-order valence-corrected chi connectivity index (χ0v) is 14.5. The molecule has 5 nitrogen and oxygen atoms in total. The maximum Gasteiger partial charge on any atom is 0.322 e. The van der Waals surface area contributed by atoms with Crippen molar-refractivity contribution in [1.29, 1.82) is 0 Å². The number of nitrogens with zero attached hydrogens (tertiary/aromatic N) is 2. The quantitative estimate of drug-likeness (QED) is 0.702. The van der Waals surface area contributed by atoms with Gasteiger partial charge in [0.15, 0.2) is 0 Å². The Morgan fingerprint density at radius 2 is 1.96 bits per heavy atom. The Morgan fingerprint density at radius 1 is 1.15 bits per heavy atom. The van der Waals surface area contributed by atoms with Crippen molar-refractivity contribution in [2.75, 3.05) is 11.9 Å². The summed E-state index contributed by atoms with van der Waals surface area (Å²) in [6.07, 6.45) is 3.02. The molecule has 2 N–H and O–H groups in total. The number of H-pyrrole nitrogens is 1. The number of amides is 2. The molecule has 1 aliphatic heterocycles. The van der Waals surface area contributed by atoms with Gasteiger partial charge in [-0.1, -0.05) is 12.1 Å². The van der Waals surface area contributed by atoms with Crippen LogP contribution in [0.4, 0.5) is 19.3 Å². The molecule has 138 valence electrons. The number of carbonyl (C=O) groups excluding carboxylic acids is 1. The van der Waals surface area contributed by atoms with E-state index in [1.54, 1.807) is 23.2 Å². The minimum absolute atomic E-state index is 0.220. The summed E-state index contributed by atoms with van der Waals surface area (Å²) in [5, 5.41) is 9.63. The molecule has 27 heavy (non-hydrogen) atoms. The molecule has 2 heterocycles. The number of rotatable bonds is 3. The van der Waals surface area contributed by atoms with Crippen LogP contribution in [0.25, 0.3) is 11.3 Å². The van der Waals surface area contributed by atoms with E-state index >= 15 is 0 Å². The lowest BCUT2D eigenvalue weighted by Crippen LogP contribution is -2.34. The molecule has 1 unspecified atom stereocenters. The molecular weight excluding hydrogens is 350 g/mol. The number of likely N-dealkylation sites (tertiary alicyclic amines) is 1. The van der Waals surface area contributed by atoms with Gasteiger partial charge < -0.3 is 10.2 Å². The molecule has 1 saturated heterocycles. The summed E-state index contributed by atoms with van der Waals surface area (Å²) < 4.78 is 27.7. The van der Waals surface area contributed by atoms with Crippen LogP contribution >= 0.6 is 0 Å². The first-order valence-corrected chi connectivity index (χ1v) is 8.74. The molecule has 0 radical (unpaired) electrons. The van der Waals surface area contributed by atoms with Gasteiger partial charge >= 0.3 is 6.03 Å². The van der Waals surface area contributed by atoms with Crippen LogP contribution in [0.5, 0.6) is 0 Å². The van der Waals surface area contributed by atoms with E-state index < -0.39 is 17.7 Å². The summed E-state index contributed by atoms with van der Waals surface area (Å²) in [6.45, 7) is 0.499. The Morgan fingerprint density at radius 3 is 2.70 bits per heavy atom. The van der Waals surface area contributed by atoms with Gasteiger partial charge in [-0.2, -0.15) is 5.10 Å².